The van der Waals surface area contributed by atoms with Gasteiger partial charge < -0.3 is 19.5 Å². The van der Waals surface area contributed by atoms with E-state index >= 15 is 0 Å². The molecule has 170 valence electrons. The van der Waals surface area contributed by atoms with E-state index in [1.807, 2.05) is 54.6 Å². The van der Waals surface area contributed by atoms with Gasteiger partial charge in [0.05, 0.1) is 13.2 Å². The molecule has 33 heavy (non-hydrogen) atoms. The lowest BCUT2D eigenvalue weighted by atomic mass is 10.0. The number of amides is 1. The van der Waals surface area contributed by atoms with Crippen molar-refractivity contribution in [1.29, 1.82) is 0 Å². The van der Waals surface area contributed by atoms with Crippen LogP contribution in [0.3, 0.4) is 0 Å². The van der Waals surface area contributed by atoms with Gasteiger partial charge >= 0.3 is 5.97 Å². The zero-order valence-electron chi connectivity index (χ0n) is 18.1. The lowest BCUT2D eigenvalue weighted by molar-refractivity contribution is -0.141. The number of rotatable bonds is 7. The molecule has 0 aliphatic carbocycles. The number of likely N-dealkylation sites (tertiary alicyclic amines) is 1. The van der Waals surface area contributed by atoms with Crippen molar-refractivity contribution in [3.8, 4) is 11.5 Å². The van der Waals surface area contributed by atoms with Crippen LogP contribution < -0.4 is 9.47 Å². The van der Waals surface area contributed by atoms with Crippen molar-refractivity contribution < 1.29 is 24.2 Å². The van der Waals surface area contributed by atoms with Crippen molar-refractivity contribution in [2.45, 2.75) is 31.5 Å². The number of carbonyl (C=O) groups excluding carboxylic acids is 1. The second kappa shape index (κ2) is 9.96. The molecule has 1 aliphatic rings. The predicted octanol–water partition coefficient (Wildman–Crippen LogP) is 5.36. The second-order valence-electron chi connectivity index (χ2n) is 7.84. The highest BCUT2D eigenvalue weighted by molar-refractivity contribution is 6.31. The standard InChI is InChI=1S/C26H24ClNO5/c1-32-19-10-12-20(13-11-19)33-16-17-6-8-18(9-7-17)25(29)28-23(14-15-24(28)26(30)31)21-4-2-3-5-22(21)27/h2-13,23-24H,14-16H2,1H3,(H,30,31)/t23-,24+/m1/s1. The Hall–Kier alpha value is -3.51. The Morgan fingerprint density at radius 1 is 0.970 bits per heavy atom. The zero-order valence-corrected chi connectivity index (χ0v) is 18.9. The van der Waals surface area contributed by atoms with E-state index in [4.69, 9.17) is 21.1 Å². The molecule has 3 aromatic rings. The van der Waals surface area contributed by atoms with E-state index in [-0.39, 0.29) is 11.9 Å². The molecule has 0 aromatic heterocycles. The minimum absolute atomic E-state index is 0.326. The number of methoxy groups -OCH3 is 1. The van der Waals surface area contributed by atoms with Crippen molar-refractivity contribution in [3.05, 3.63) is 94.5 Å². The summed E-state index contributed by atoms with van der Waals surface area (Å²) in [6.07, 6.45) is 0.922. The Labute approximate surface area is 197 Å². The number of carbonyl (C=O) groups is 2. The van der Waals surface area contributed by atoms with Gasteiger partial charge in [-0.3, -0.25) is 4.79 Å². The first-order chi connectivity index (χ1) is 16.0. The third-order valence-electron chi connectivity index (χ3n) is 5.83. The van der Waals surface area contributed by atoms with Gasteiger partial charge in [0.25, 0.3) is 5.91 Å². The van der Waals surface area contributed by atoms with Crippen LogP contribution in [-0.4, -0.2) is 35.0 Å². The maximum atomic E-state index is 13.4. The topological polar surface area (TPSA) is 76.1 Å². The van der Waals surface area contributed by atoms with Crippen LogP contribution in [0.1, 0.15) is 40.4 Å². The van der Waals surface area contributed by atoms with Crippen LogP contribution in [0.4, 0.5) is 0 Å². The van der Waals surface area contributed by atoms with E-state index in [1.54, 1.807) is 25.3 Å². The number of hydrogen-bond donors (Lipinski definition) is 1. The van der Waals surface area contributed by atoms with Crippen LogP contribution in [0.2, 0.25) is 5.02 Å². The van der Waals surface area contributed by atoms with E-state index in [0.29, 0.717) is 35.8 Å². The molecule has 0 spiro atoms. The molecule has 1 aliphatic heterocycles. The maximum Gasteiger partial charge on any atom is 0.326 e. The SMILES string of the molecule is COc1ccc(OCc2ccc(C(=O)N3[C@@H](c4ccccc4Cl)CC[C@H]3C(=O)O)cc2)cc1. The number of ether oxygens (including phenoxy) is 2. The van der Waals surface area contributed by atoms with Crippen LogP contribution in [0.15, 0.2) is 72.8 Å². The molecule has 7 heteroatoms. The first kappa shape index (κ1) is 22.7. The van der Waals surface area contributed by atoms with Crippen LogP contribution in [-0.2, 0) is 11.4 Å². The van der Waals surface area contributed by atoms with Gasteiger partial charge in [0, 0.05) is 10.6 Å². The molecule has 1 heterocycles. The molecular weight excluding hydrogens is 442 g/mol. The molecule has 0 unspecified atom stereocenters. The minimum Gasteiger partial charge on any atom is -0.497 e. The molecular formula is C26H24ClNO5. The van der Waals surface area contributed by atoms with Gasteiger partial charge in [-0.25, -0.2) is 4.79 Å². The normalized spacial score (nSPS) is 17.6. The van der Waals surface area contributed by atoms with Gasteiger partial charge in [-0.15, -0.1) is 0 Å². The fraction of sp³-hybridized carbons (Fsp3) is 0.231. The van der Waals surface area contributed by atoms with Gasteiger partial charge in [0.15, 0.2) is 0 Å². The van der Waals surface area contributed by atoms with Crippen LogP contribution in [0.5, 0.6) is 11.5 Å². The van der Waals surface area contributed by atoms with E-state index in [2.05, 4.69) is 0 Å². The predicted molar refractivity (Wildman–Crippen MR) is 125 cm³/mol. The van der Waals surface area contributed by atoms with Gasteiger partial charge in [-0.1, -0.05) is 41.9 Å². The van der Waals surface area contributed by atoms with Crippen molar-refractivity contribution in [3.63, 3.8) is 0 Å². The number of aliphatic carboxylic acids is 1. The monoisotopic (exact) mass is 465 g/mol. The molecule has 1 amide bonds. The lowest BCUT2D eigenvalue weighted by Gasteiger charge is -2.29. The summed E-state index contributed by atoms with van der Waals surface area (Å²) >= 11 is 6.36. The number of halogens is 1. The molecule has 2 atom stereocenters. The van der Waals surface area contributed by atoms with Crippen molar-refractivity contribution in [2.24, 2.45) is 0 Å². The summed E-state index contributed by atoms with van der Waals surface area (Å²) in [4.78, 5) is 26.7. The summed E-state index contributed by atoms with van der Waals surface area (Å²) in [6, 6.07) is 20.3. The molecule has 0 saturated carbocycles. The quantitative estimate of drug-likeness (QED) is 0.508. The van der Waals surface area contributed by atoms with E-state index in [9.17, 15) is 14.7 Å². The molecule has 1 fully saturated rings. The lowest BCUT2D eigenvalue weighted by Crippen LogP contribution is -2.41. The molecule has 3 aromatic carbocycles. The molecule has 1 N–H and O–H groups in total. The highest BCUT2D eigenvalue weighted by atomic mass is 35.5. The van der Waals surface area contributed by atoms with Crippen molar-refractivity contribution in [1.82, 2.24) is 4.90 Å². The molecule has 0 radical (unpaired) electrons. The van der Waals surface area contributed by atoms with Crippen LogP contribution in [0.25, 0.3) is 0 Å². The average Bonchev–Trinajstić information content (AvgIpc) is 3.28. The smallest absolute Gasteiger partial charge is 0.326 e. The number of carboxylic acids is 1. The van der Waals surface area contributed by atoms with Gasteiger partial charge in [-0.05, 0) is 66.4 Å². The van der Waals surface area contributed by atoms with Gasteiger partial charge in [0.1, 0.15) is 24.1 Å². The molecule has 4 rings (SSSR count). The summed E-state index contributed by atoms with van der Waals surface area (Å²) in [5.41, 5.74) is 2.08. The summed E-state index contributed by atoms with van der Waals surface area (Å²) in [5, 5.41) is 10.2. The third kappa shape index (κ3) is 4.96. The van der Waals surface area contributed by atoms with Gasteiger partial charge in [-0.2, -0.15) is 0 Å². The maximum absolute atomic E-state index is 13.4. The number of carboxylic acid groups (broad SMARTS) is 1. The number of nitrogens with zero attached hydrogens (tertiary/aromatic N) is 1. The third-order valence-corrected chi connectivity index (χ3v) is 6.18. The Morgan fingerprint density at radius 3 is 2.27 bits per heavy atom. The minimum atomic E-state index is -1.01. The molecule has 1 saturated heterocycles. The Bertz CT molecular complexity index is 1130. The summed E-state index contributed by atoms with van der Waals surface area (Å²) in [6.45, 7) is 0.338. The summed E-state index contributed by atoms with van der Waals surface area (Å²) in [7, 11) is 1.61. The highest BCUT2D eigenvalue weighted by Crippen LogP contribution is 2.40. The van der Waals surface area contributed by atoms with Crippen molar-refractivity contribution in [2.75, 3.05) is 7.11 Å². The fourth-order valence-corrected chi connectivity index (χ4v) is 4.38. The molecule has 0 bridgehead atoms. The van der Waals surface area contributed by atoms with Crippen LogP contribution in [0, 0.1) is 0 Å². The van der Waals surface area contributed by atoms with E-state index in [0.717, 1.165) is 16.9 Å². The summed E-state index contributed by atoms with van der Waals surface area (Å²) < 4.78 is 10.9. The second-order valence-corrected chi connectivity index (χ2v) is 8.25. The first-order valence-corrected chi connectivity index (χ1v) is 11.0. The zero-order chi connectivity index (χ0) is 23.4. The Balaban J connectivity index is 1.50. The Morgan fingerprint density at radius 2 is 1.64 bits per heavy atom. The van der Waals surface area contributed by atoms with Crippen molar-refractivity contribution >= 4 is 23.5 Å². The first-order valence-electron chi connectivity index (χ1n) is 10.6. The largest absolute Gasteiger partial charge is 0.497 e. The van der Waals surface area contributed by atoms with Crippen LogP contribution >= 0.6 is 11.6 Å². The molecule has 6 nitrogen and oxygen atoms in total. The number of hydrogen-bond acceptors (Lipinski definition) is 4. The number of benzene rings is 3. The highest BCUT2D eigenvalue weighted by Gasteiger charge is 2.42. The average molecular weight is 466 g/mol. The fourth-order valence-electron chi connectivity index (χ4n) is 4.12. The van der Waals surface area contributed by atoms with E-state index in [1.165, 1.54) is 4.90 Å². The summed E-state index contributed by atoms with van der Waals surface area (Å²) in [5.74, 6) is 0.122. The van der Waals surface area contributed by atoms with Gasteiger partial charge in [0.2, 0.25) is 0 Å². The Kier molecular flexibility index (Phi) is 6.84. The van der Waals surface area contributed by atoms with E-state index < -0.39 is 12.0 Å².